The standard InChI is InChI=1S/C16H22N2O2/c1-20-14-7-9-17(10-8-14)12-16(19)18-11-6-13-4-2-3-5-15(13)18/h2-5,14H,6-12H2,1H3. The van der Waals surface area contributed by atoms with E-state index in [4.69, 9.17) is 4.74 Å². The number of benzene rings is 1. The van der Waals surface area contributed by atoms with Gasteiger partial charge in [-0.3, -0.25) is 9.69 Å². The quantitative estimate of drug-likeness (QED) is 0.841. The highest BCUT2D eigenvalue weighted by atomic mass is 16.5. The number of ether oxygens (including phenoxy) is 1. The van der Waals surface area contributed by atoms with E-state index in [0.29, 0.717) is 12.6 Å². The first kappa shape index (κ1) is 13.6. The third-order valence-corrected chi connectivity index (χ3v) is 4.42. The number of likely N-dealkylation sites (tertiary alicyclic amines) is 1. The Bertz CT molecular complexity index is 481. The van der Waals surface area contributed by atoms with E-state index in [1.807, 2.05) is 17.0 Å². The molecule has 0 saturated carbocycles. The van der Waals surface area contributed by atoms with Gasteiger partial charge in [0.05, 0.1) is 12.6 Å². The summed E-state index contributed by atoms with van der Waals surface area (Å²) in [6.45, 7) is 3.27. The maximum atomic E-state index is 12.5. The van der Waals surface area contributed by atoms with Crippen LogP contribution in [0.3, 0.4) is 0 Å². The fraction of sp³-hybridized carbons (Fsp3) is 0.562. The number of rotatable bonds is 3. The lowest BCUT2D eigenvalue weighted by Crippen LogP contribution is -2.44. The van der Waals surface area contributed by atoms with Gasteiger partial charge in [-0.25, -0.2) is 0 Å². The van der Waals surface area contributed by atoms with E-state index in [1.54, 1.807) is 7.11 Å². The molecule has 3 rings (SSSR count). The van der Waals surface area contributed by atoms with E-state index in [9.17, 15) is 4.79 Å². The monoisotopic (exact) mass is 274 g/mol. The summed E-state index contributed by atoms with van der Waals surface area (Å²) in [5.41, 5.74) is 2.39. The zero-order valence-electron chi connectivity index (χ0n) is 12.0. The van der Waals surface area contributed by atoms with E-state index in [1.165, 1.54) is 5.56 Å². The molecular weight excluding hydrogens is 252 g/mol. The maximum Gasteiger partial charge on any atom is 0.241 e. The second kappa shape index (κ2) is 5.94. The first-order valence-electron chi connectivity index (χ1n) is 7.41. The Morgan fingerprint density at radius 3 is 2.75 bits per heavy atom. The number of fused-ring (bicyclic) bond motifs is 1. The summed E-state index contributed by atoms with van der Waals surface area (Å²) in [6, 6.07) is 8.22. The normalized spacial score (nSPS) is 20.1. The van der Waals surface area contributed by atoms with E-state index in [2.05, 4.69) is 17.0 Å². The van der Waals surface area contributed by atoms with Gasteiger partial charge in [-0.05, 0) is 30.9 Å². The summed E-state index contributed by atoms with van der Waals surface area (Å²) >= 11 is 0. The minimum atomic E-state index is 0.228. The van der Waals surface area contributed by atoms with Crippen LogP contribution in [0.25, 0.3) is 0 Å². The van der Waals surface area contributed by atoms with E-state index < -0.39 is 0 Å². The highest BCUT2D eigenvalue weighted by Crippen LogP contribution is 2.27. The Labute approximate surface area is 120 Å². The number of hydrogen-bond acceptors (Lipinski definition) is 3. The molecule has 0 aromatic heterocycles. The Morgan fingerprint density at radius 1 is 1.25 bits per heavy atom. The van der Waals surface area contributed by atoms with Gasteiger partial charge < -0.3 is 9.64 Å². The van der Waals surface area contributed by atoms with Crippen molar-refractivity contribution < 1.29 is 9.53 Å². The number of para-hydroxylation sites is 1. The largest absolute Gasteiger partial charge is 0.381 e. The van der Waals surface area contributed by atoms with Crippen LogP contribution >= 0.6 is 0 Å². The molecule has 0 N–H and O–H groups in total. The topological polar surface area (TPSA) is 32.8 Å². The molecule has 0 radical (unpaired) electrons. The lowest BCUT2D eigenvalue weighted by Gasteiger charge is -2.31. The van der Waals surface area contributed by atoms with Crippen LogP contribution in [0.1, 0.15) is 18.4 Å². The zero-order chi connectivity index (χ0) is 13.9. The van der Waals surface area contributed by atoms with Crippen molar-refractivity contribution in [3.63, 3.8) is 0 Å². The fourth-order valence-corrected chi connectivity index (χ4v) is 3.18. The number of nitrogens with zero attached hydrogens (tertiary/aromatic N) is 2. The SMILES string of the molecule is COC1CCN(CC(=O)N2CCc3ccccc32)CC1. The van der Waals surface area contributed by atoms with E-state index >= 15 is 0 Å². The number of carbonyl (C=O) groups is 1. The van der Waals surface area contributed by atoms with Crippen molar-refractivity contribution in [1.29, 1.82) is 0 Å². The smallest absolute Gasteiger partial charge is 0.241 e. The molecule has 0 atom stereocenters. The van der Waals surface area contributed by atoms with Crippen molar-refractivity contribution in [1.82, 2.24) is 4.90 Å². The van der Waals surface area contributed by atoms with Crippen LogP contribution in [0.2, 0.25) is 0 Å². The molecule has 1 amide bonds. The number of amides is 1. The van der Waals surface area contributed by atoms with Crippen molar-refractivity contribution in [3.05, 3.63) is 29.8 Å². The van der Waals surface area contributed by atoms with Crippen LogP contribution in [0.4, 0.5) is 5.69 Å². The second-order valence-corrected chi connectivity index (χ2v) is 5.64. The van der Waals surface area contributed by atoms with Gasteiger partial charge in [-0.15, -0.1) is 0 Å². The third kappa shape index (κ3) is 2.72. The molecule has 2 aliphatic heterocycles. The molecular formula is C16H22N2O2. The van der Waals surface area contributed by atoms with Gasteiger partial charge in [0.25, 0.3) is 0 Å². The first-order chi connectivity index (χ1) is 9.78. The number of hydrogen-bond donors (Lipinski definition) is 0. The van der Waals surface area contributed by atoms with E-state index in [-0.39, 0.29) is 5.91 Å². The van der Waals surface area contributed by atoms with Crippen LogP contribution < -0.4 is 4.90 Å². The van der Waals surface area contributed by atoms with Crippen LogP contribution in [-0.4, -0.2) is 50.2 Å². The zero-order valence-corrected chi connectivity index (χ0v) is 12.0. The van der Waals surface area contributed by atoms with Crippen LogP contribution in [-0.2, 0) is 16.0 Å². The predicted octanol–water partition coefficient (Wildman–Crippen LogP) is 1.69. The van der Waals surface area contributed by atoms with Crippen LogP contribution in [0.5, 0.6) is 0 Å². The molecule has 4 nitrogen and oxygen atoms in total. The highest BCUT2D eigenvalue weighted by Gasteiger charge is 2.27. The van der Waals surface area contributed by atoms with Crippen LogP contribution in [0.15, 0.2) is 24.3 Å². The summed E-state index contributed by atoms with van der Waals surface area (Å²) in [7, 11) is 1.77. The van der Waals surface area contributed by atoms with Crippen molar-refractivity contribution in [3.8, 4) is 0 Å². The summed E-state index contributed by atoms with van der Waals surface area (Å²) in [4.78, 5) is 16.7. The summed E-state index contributed by atoms with van der Waals surface area (Å²) < 4.78 is 5.37. The summed E-state index contributed by atoms with van der Waals surface area (Å²) in [6.07, 6.45) is 3.41. The molecule has 2 aliphatic rings. The maximum absolute atomic E-state index is 12.5. The minimum Gasteiger partial charge on any atom is -0.381 e. The van der Waals surface area contributed by atoms with Crippen LogP contribution in [0, 0.1) is 0 Å². The molecule has 0 unspecified atom stereocenters. The van der Waals surface area contributed by atoms with Gasteiger partial charge in [0.1, 0.15) is 0 Å². The average Bonchev–Trinajstić information content (AvgIpc) is 2.92. The van der Waals surface area contributed by atoms with Gasteiger partial charge in [0.15, 0.2) is 0 Å². The summed E-state index contributed by atoms with van der Waals surface area (Å²) in [5.74, 6) is 0.228. The molecule has 1 aromatic rings. The number of anilines is 1. The van der Waals surface area contributed by atoms with Gasteiger partial charge in [-0.1, -0.05) is 18.2 Å². The fourth-order valence-electron chi connectivity index (χ4n) is 3.18. The molecule has 2 heterocycles. The minimum absolute atomic E-state index is 0.228. The molecule has 0 spiro atoms. The third-order valence-electron chi connectivity index (χ3n) is 4.42. The average molecular weight is 274 g/mol. The molecule has 1 aromatic carbocycles. The molecule has 108 valence electrons. The van der Waals surface area contributed by atoms with Gasteiger partial charge in [0, 0.05) is 32.4 Å². The van der Waals surface area contributed by atoms with Crippen molar-refractivity contribution in [2.75, 3.05) is 38.2 Å². The molecule has 20 heavy (non-hydrogen) atoms. The molecule has 4 heteroatoms. The van der Waals surface area contributed by atoms with Crippen molar-refractivity contribution >= 4 is 11.6 Å². The highest BCUT2D eigenvalue weighted by molar-refractivity contribution is 5.96. The van der Waals surface area contributed by atoms with Crippen molar-refractivity contribution in [2.24, 2.45) is 0 Å². The Kier molecular flexibility index (Phi) is 4.03. The number of carbonyl (C=O) groups excluding carboxylic acids is 1. The number of methoxy groups -OCH3 is 1. The second-order valence-electron chi connectivity index (χ2n) is 5.64. The Hall–Kier alpha value is -1.39. The molecule has 1 fully saturated rings. The first-order valence-corrected chi connectivity index (χ1v) is 7.41. The predicted molar refractivity (Wildman–Crippen MR) is 79.0 cm³/mol. The molecule has 0 bridgehead atoms. The molecule has 1 saturated heterocycles. The summed E-state index contributed by atoms with van der Waals surface area (Å²) in [5, 5.41) is 0. The van der Waals surface area contributed by atoms with E-state index in [0.717, 1.165) is 44.6 Å². The van der Waals surface area contributed by atoms with Gasteiger partial charge in [0.2, 0.25) is 5.91 Å². The Balaban J connectivity index is 1.58. The van der Waals surface area contributed by atoms with Gasteiger partial charge >= 0.3 is 0 Å². The lowest BCUT2D eigenvalue weighted by atomic mass is 10.1. The molecule has 0 aliphatic carbocycles. The number of piperidine rings is 1. The van der Waals surface area contributed by atoms with Crippen molar-refractivity contribution in [2.45, 2.75) is 25.4 Å². The lowest BCUT2D eigenvalue weighted by molar-refractivity contribution is -0.120. The van der Waals surface area contributed by atoms with Gasteiger partial charge in [-0.2, -0.15) is 0 Å². The Morgan fingerprint density at radius 2 is 2.00 bits per heavy atom.